The van der Waals surface area contributed by atoms with Gasteiger partial charge in [-0.1, -0.05) is 12.1 Å². The van der Waals surface area contributed by atoms with Crippen LogP contribution >= 0.6 is 0 Å². The Morgan fingerprint density at radius 3 is 2.77 bits per heavy atom. The zero-order chi connectivity index (χ0) is 17.5. The van der Waals surface area contributed by atoms with E-state index >= 15 is 0 Å². The molecule has 0 saturated carbocycles. The van der Waals surface area contributed by atoms with Gasteiger partial charge in [-0.3, -0.25) is 9.20 Å². The van der Waals surface area contributed by atoms with Crippen molar-refractivity contribution in [2.45, 2.75) is 5.92 Å². The number of rotatable bonds is 3. The zero-order valence-corrected chi connectivity index (χ0v) is 13.9. The first-order valence-corrected chi connectivity index (χ1v) is 8.48. The molecule has 1 aliphatic rings. The molecule has 1 aliphatic heterocycles. The minimum absolute atomic E-state index is 0.0316. The van der Waals surface area contributed by atoms with Crippen molar-refractivity contribution in [1.29, 1.82) is 0 Å². The van der Waals surface area contributed by atoms with Gasteiger partial charge in [0.1, 0.15) is 5.82 Å². The minimum Gasteiger partial charge on any atom is -0.337 e. The average Bonchev–Trinajstić information content (AvgIpc) is 3.31. The van der Waals surface area contributed by atoms with Gasteiger partial charge < -0.3 is 4.90 Å². The standard InChI is InChI=1S/C19H16N6O/c26-19(14-5-3-6-16(11-14)25-10-4-8-20-25)23-12-15(13-23)18-22-21-17-7-1-2-9-24(17)18/h1-11,15H,12-13H2. The fourth-order valence-corrected chi connectivity index (χ4v) is 3.33. The number of carbonyl (C=O) groups excluding carboxylic acids is 1. The Morgan fingerprint density at radius 2 is 1.92 bits per heavy atom. The highest BCUT2D eigenvalue weighted by Crippen LogP contribution is 2.27. The third-order valence-electron chi connectivity index (χ3n) is 4.74. The number of carbonyl (C=O) groups is 1. The lowest BCUT2D eigenvalue weighted by Crippen LogP contribution is -2.49. The first-order valence-electron chi connectivity index (χ1n) is 8.48. The molecule has 5 rings (SSSR count). The van der Waals surface area contributed by atoms with E-state index in [1.807, 2.05) is 70.2 Å². The van der Waals surface area contributed by atoms with Crippen LogP contribution in [0.25, 0.3) is 11.3 Å². The van der Waals surface area contributed by atoms with E-state index in [4.69, 9.17) is 0 Å². The predicted molar refractivity (Wildman–Crippen MR) is 95.2 cm³/mol. The van der Waals surface area contributed by atoms with Crippen molar-refractivity contribution >= 4 is 11.6 Å². The van der Waals surface area contributed by atoms with Crippen LogP contribution in [0.5, 0.6) is 0 Å². The molecule has 4 heterocycles. The lowest BCUT2D eigenvalue weighted by Gasteiger charge is -2.38. The van der Waals surface area contributed by atoms with Gasteiger partial charge in [-0.25, -0.2) is 4.68 Å². The first kappa shape index (κ1) is 14.8. The van der Waals surface area contributed by atoms with E-state index in [0.717, 1.165) is 17.2 Å². The quantitative estimate of drug-likeness (QED) is 0.571. The van der Waals surface area contributed by atoms with Crippen molar-refractivity contribution in [2.24, 2.45) is 0 Å². The number of amides is 1. The molecule has 0 N–H and O–H groups in total. The molecule has 7 nitrogen and oxygen atoms in total. The smallest absolute Gasteiger partial charge is 0.253 e. The normalized spacial score (nSPS) is 14.5. The molecular formula is C19H16N6O. The van der Waals surface area contributed by atoms with Gasteiger partial charge in [0.15, 0.2) is 5.65 Å². The van der Waals surface area contributed by atoms with Crippen molar-refractivity contribution in [2.75, 3.05) is 13.1 Å². The van der Waals surface area contributed by atoms with E-state index in [0.29, 0.717) is 18.7 Å². The summed E-state index contributed by atoms with van der Waals surface area (Å²) in [6.07, 6.45) is 5.54. The Kier molecular flexibility index (Phi) is 3.31. The van der Waals surface area contributed by atoms with Gasteiger partial charge in [0.05, 0.1) is 11.6 Å². The van der Waals surface area contributed by atoms with E-state index in [2.05, 4.69) is 15.3 Å². The van der Waals surface area contributed by atoms with Gasteiger partial charge in [-0.15, -0.1) is 10.2 Å². The number of benzene rings is 1. The lowest BCUT2D eigenvalue weighted by molar-refractivity contribution is 0.0593. The maximum atomic E-state index is 12.8. The highest BCUT2D eigenvalue weighted by atomic mass is 16.2. The van der Waals surface area contributed by atoms with Crippen LogP contribution < -0.4 is 0 Å². The number of likely N-dealkylation sites (tertiary alicyclic amines) is 1. The predicted octanol–water partition coefficient (Wildman–Crippen LogP) is 2.15. The van der Waals surface area contributed by atoms with Crippen LogP contribution in [0.2, 0.25) is 0 Å². The molecule has 0 unspecified atom stereocenters. The van der Waals surface area contributed by atoms with Crippen molar-refractivity contribution < 1.29 is 4.79 Å². The van der Waals surface area contributed by atoms with E-state index in [-0.39, 0.29) is 11.8 Å². The molecule has 26 heavy (non-hydrogen) atoms. The fourth-order valence-electron chi connectivity index (χ4n) is 3.33. The molecule has 128 valence electrons. The summed E-state index contributed by atoms with van der Waals surface area (Å²) in [5, 5.41) is 12.7. The van der Waals surface area contributed by atoms with E-state index < -0.39 is 0 Å². The van der Waals surface area contributed by atoms with Gasteiger partial charge in [0.25, 0.3) is 5.91 Å². The number of pyridine rings is 1. The van der Waals surface area contributed by atoms with Crippen molar-refractivity contribution in [3.63, 3.8) is 0 Å². The van der Waals surface area contributed by atoms with Crippen LogP contribution in [-0.4, -0.2) is 48.3 Å². The van der Waals surface area contributed by atoms with Gasteiger partial charge >= 0.3 is 0 Å². The Labute approximate surface area is 149 Å². The van der Waals surface area contributed by atoms with Crippen molar-refractivity contribution in [3.8, 4) is 5.69 Å². The highest BCUT2D eigenvalue weighted by Gasteiger charge is 2.35. The Hall–Kier alpha value is -3.48. The topological polar surface area (TPSA) is 68.3 Å². The first-order chi connectivity index (χ1) is 12.8. The maximum Gasteiger partial charge on any atom is 0.253 e. The largest absolute Gasteiger partial charge is 0.337 e. The second-order valence-electron chi connectivity index (χ2n) is 6.40. The third kappa shape index (κ3) is 2.36. The van der Waals surface area contributed by atoms with Crippen LogP contribution in [0.3, 0.4) is 0 Å². The van der Waals surface area contributed by atoms with E-state index in [9.17, 15) is 4.79 Å². The molecule has 1 amide bonds. The SMILES string of the molecule is O=C(c1cccc(-n2cccn2)c1)N1CC(c2nnc3ccccn23)C1. The van der Waals surface area contributed by atoms with E-state index in [1.54, 1.807) is 10.9 Å². The summed E-state index contributed by atoms with van der Waals surface area (Å²) < 4.78 is 3.74. The van der Waals surface area contributed by atoms with Gasteiger partial charge in [-0.05, 0) is 36.4 Å². The van der Waals surface area contributed by atoms with Crippen LogP contribution in [0.15, 0.2) is 67.1 Å². The highest BCUT2D eigenvalue weighted by molar-refractivity contribution is 5.95. The summed E-state index contributed by atoms with van der Waals surface area (Å²) in [5.74, 6) is 1.16. The summed E-state index contributed by atoms with van der Waals surface area (Å²) in [7, 11) is 0. The number of nitrogens with zero attached hydrogens (tertiary/aromatic N) is 6. The van der Waals surface area contributed by atoms with E-state index in [1.165, 1.54) is 0 Å². The van der Waals surface area contributed by atoms with Crippen LogP contribution in [-0.2, 0) is 0 Å². The molecule has 4 aromatic rings. The molecule has 0 radical (unpaired) electrons. The molecule has 1 saturated heterocycles. The molecule has 0 aliphatic carbocycles. The maximum absolute atomic E-state index is 12.8. The van der Waals surface area contributed by atoms with Crippen LogP contribution in [0.1, 0.15) is 22.1 Å². The molecule has 0 spiro atoms. The number of hydrogen-bond donors (Lipinski definition) is 0. The summed E-state index contributed by atoms with van der Waals surface area (Å²) in [5.41, 5.74) is 2.38. The molecule has 0 atom stereocenters. The minimum atomic E-state index is 0.0316. The van der Waals surface area contributed by atoms with Crippen molar-refractivity contribution in [1.82, 2.24) is 29.3 Å². The molecule has 7 heteroatoms. The Balaban J connectivity index is 1.33. The summed E-state index contributed by atoms with van der Waals surface area (Å²) >= 11 is 0. The van der Waals surface area contributed by atoms with Crippen molar-refractivity contribution in [3.05, 3.63) is 78.5 Å². The van der Waals surface area contributed by atoms with Gasteiger partial charge in [-0.2, -0.15) is 5.10 Å². The average molecular weight is 344 g/mol. The van der Waals surface area contributed by atoms with Crippen LogP contribution in [0, 0.1) is 0 Å². The second-order valence-corrected chi connectivity index (χ2v) is 6.40. The Bertz CT molecular complexity index is 1080. The zero-order valence-electron chi connectivity index (χ0n) is 13.9. The number of hydrogen-bond acceptors (Lipinski definition) is 4. The summed E-state index contributed by atoms with van der Waals surface area (Å²) in [6, 6.07) is 15.2. The van der Waals surface area contributed by atoms with Gasteiger partial charge in [0.2, 0.25) is 0 Å². The monoisotopic (exact) mass is 344 g/mol. The lowest BCUT2D eigenvalue weighted by atomic mass is 9.98. The molecular weight excluding hydrogens is 328 g/mol. The summed E-state index contributed by atoms with van der Waals surface area (Å²) in [4.78, 5) is 14.6. The fraction of sp³-hybridized carbons (Fsp3) is 0.158. The number of aromatic nitrogens is 5. The Morgan fingerprint density at radius 1 is 1.00 bits per heavy atom. The number of fused-ring (bicyclic) bond motifs is 1. The molecule has 1 aromatic carbocycles. The molecule has 1 fully saturated rings. The molecule has 3 aromatic heterocycles. The van der Waals surface area contributed by atoms with Gasteiger partial charge in [0, 0.05) is 37.2 Å². The third-order valence-corrected chi connectivity index (χ3v) is 4.74. The summed E-state index contributed by atoms with van der Waals surface area (Å²) in [6.45, 7) is 1.31. The van der Waals surface area contributed by atoms with Crippen LogP contribution in [0.4, 0.5) is 0 Å². The second kappa shape index (κ2) is 5.80. The molecule has 0 bridgehead atoms.